The molecule has 0 fully saturated rings. The van der Waals surface area contributed by atoms with Gasteiger partial charge in [0.05, 0.1) is 27.7 Å². The summed E-state index contributed by atoms with van der Waals surface area (Å²) in [7, 11) is 0. The molecule has 4 rings (SSSR count). The van der Waals surface area contributed by atoms with Gasteiger partial charge >= 0.3 is 0 Å². The number of non-ortho nitro benzene ring substituents is 1. The van der Waals surface area contributed by atoms with Crippen molar-refractivity contribution in [1.82, 2.24) is 0 Å². The summed E-state index contributed by atoms with van der Waals surface area (Å²) in [5.41, 5.74) is 8.97. The van der Waals surface area contributed by atoms with E-state index in [0.717, 1.165) is 10.8 Å². The number of anilines is 1. The SMILES string of the molecule is Nc1ccc(N=Nc2ccc(N=Nc3ccc([N+](=O)[O-])cc3)c3ccccc23)cc1. The summed E-state index contributed by atoms with van der Waals surface area (Å²) in [6.07, 6.45) is 0. The summed E-state index contributed by atoms with van der Waals surface area (Å²) in [4.78, 5) is 10.3. The van der Waals surface area contributed by atoms with E-state index in [1.807, 2.05) is 36.4 Å². The van der Waals surface area contributed by atoms with Crippen LogP contribution in [-0.2, 0) is 0 Å². The summed E-state index contributed by atoms with van der Waals surface area (Å²) in [5.74, 6) is 0. The summed E-state index contributed by atoms with van der Waals surface area (Å²) in [5, 5.41) is 29.7. The first-order valence-corrected chi connectivity index (χ1v) is 9.05. The zero-order valence-corrected chi connectivity index (χ0v) is 15.7. The number of azo groups is 2. The minimum Gasteiger partial charge on any atom is -0.399 e. The average Bonchev–Trinajstić information content (AvgIpc) is 2.78. The number of fused-ring (bicyclic) bond motifs is 1. The quantitative estimate of drug-likeness (QED) is 0.167. The highest BCUT2D eigenvalue weighted by molar-refractivity contribution is 5.99. The van der Waals surface area contributed by atoms with E-state index in [1.54, 1.807) is 36.4 Å². The van der Waals surface area contributed by atoms with Gasteiger partial charge in [0, 0.05) is 28.6 Å². The smallest absolute Gasteiger partial charge is 0.269 e. The highest BCUT2D eigenvalue weighted by atomic mass is 16.6. The minimum atomic E-state index is -0.452. The number of nitrogens with zero attached hydrogens (tertiary/aromatic N) is 5. The molecule has 0 atom stereocenters. The highest BCUT2D eigenvalue weighted by Crippen LogP contribution is 2.35. The molecule has 0 aliphatic heterocycles. The fourth-order valence-electron chi connectivity index (χ4n) is 2.85. The van der Waals surface area contributed by atoms with Gasteiger partial charge in [-0.05, 0) is 48.5 Å². The van der Waals surface area contributed by atoms with Crippen LogP contribution in [-0.4, -0.2) is 4.92 Å². The van der Waals surface area contributed by atoms with Gasteiger partial charge in [0.25, 0.3) is 5.69 Å². The largest absolute Gasteiger partial charge is 0.399 e. The Labute approximate surface area is 171 Å². The molecule has 0 bridgehead atoms. The lowest BCUT2D eigenvalue weighted by Crippen LogP contribution is -1.85. The van der Waals surface area contributed by atoms with E-state index < -0.39 is 4.92 Å². The van der Waals surface area contributed by atoms with E-state index in [4.69, 9.17) is 5.73 Å². The maximum absolute atomic E-state index is 10.8. The van der Waals surface area contributed by atoms with Crippen LogP contribution >= 0.6 is 0 Å². The Morgan fingerprint density at radius 3 is 1.57 bits per heavy atom. The number of benzene rings is 4. The molecule has 0 saturated heterocycles. The van der Waals surface area contributed by atoms with Crippen LogP contribution in [0.5, 0.6) is 0 Å². The Hall–Kier alpha value is -4.46. The van der Waals surface area contributed by atoms with E-state index in [2.05, 4.69) is 20.5 Å². The maximum Gasteiger partial charge on any atom is 0.269 e. The summed E-state index contributed by atoms with van der Waals surface area (Å²) < 4.78 is 0. The molecular weight excluding hydrogens is 380 g/mol. The van der Waals surface area contributed by atoms with E-state index in [1.165, 1.54) is 12.1 Å². The second kappa shape index (κ2) is 8.27. The molecule has 0 aromatic heterocycles. The molecule has 4 aromatic rings. The van der Waals surface area contributed by atoms with Crippen molar-refractivity contribution in [3.63, 3.8) is 0 Å². The summed E-state index contributed by atoms with van der Waals surface area (Å²) >= 11 is 0. The van der Waals surface area contributed by atoms with Crippen LogP contribution in [0.4, 0.5) is 34.1 Å². The Morgan fingerprint density at radius 1 is 0.633 bits per heavy atom. The monoisotopic (exact) mass is 396 g/mol. The molecule has 8 nitrogen and oxygen atoms in total. The first-order chi connectivity index (χ1) is 14.6. The van der Waals surface area contributed by atoms with Crippen LogP contribution in [0, 0.1) is 10.1 Å². The molecule has 0 amide bonds. The van der Waals surface area contributed by atoms with Crippen LogP contribution in [0.1, 0.15) is 0 Å². The van der Waals surface area contributed by atoms with Crippen molar-refractivity contribution in [3.8, 4) is 0 Å². The van der Waals surface area contributed by atoms with Gasteiger partial charge in [0.1, 0.15) is 0 Å². The lowest BCUT2D eigenvalue weighted by Gasteiger charge is -2.04. The third kappa shape index (κ3) is 4.17. The standard InChI is InChI=1S/C22H16N6O2/c23-15-5-7-16(8-6-15)24-26-21-13-14-22(20-4-2-1-3-19(20)21)27-25-17-9-11-18(12-10-17)28(29)30/h1-14H,23H2. The van der Waals surface area contributed by atoms with Crippen LogP contribution in [0.2, 0.25) is 0 Å². The molecule has 0 radical (unpaired) electrons. The number of rotatable bonds is 5. The Balaban J connectivity index is 1.65. The van der Waals surface area contributed by atoms with Gasteiger partial charge in [-0.2, -0.15) is 10.2 Å². The van der Waals surface area contributed by atoms with E-state index in [9.17, 15) is 10.1 Å². The predicted molar refractivity (Wildman–Crippen MR) is 116 cm³/mol. The van der Waals surface area contributed by atoms with Crippen LogP contribution in [0.3, 0.4) is 0 Å². The fourth-order valence-corrected chi connectivity index (χ4v) is 2.85. The number of hydrogen-bond donors (Lipinski definition) is 1. The number of nitrogens with two attached hydrogens (primary N) is 1. The number of nitrogen functional groups attached to an aromatic ring is 1. The maximum atomic E-state index is 10.8. The molecule has 0 spiro atoms. The van der Waals surface area contributed by atoms with Crippen molar-refractivity contribution in [2.24, 2.45) is 20.5 Å². The average molecular weight is 396 g/mol. The second-order valence-electron chi connectivity index (χ2n) is 6.41. The van der Waals surface area contributed by atoms with Gasteiger partial charge in [0.15, 0.2) is 0 Å². The molecule has 4 aromatic carbocycles. The van der Waals surface area contributed by atoms with Crippen molar-refractivity contribution < 1.29 is 4.92 Å². The molecule has 30 heavy (non-hydrogen) atoms. The van der Waals surface area contributed by atoms with Crippen molar-refractivity contribution >= 4 is 44.9 Å². The molecule has 8 heteroatoms. The first kappa shape index (κ1) is 18.9. The second-order valence-corrected chi connectivity index (χ2v) is 6.41. The van der Waals surface area contributed by atoms with Gasteiger partial charge in [-0.25, -0.2) is 0 Å². The Kier molecular flexibility index (Phi) is 5.21. The molecule has 0 heterocycles. The third-order valence-electron chi connectivity index (χ3n) is 4.38. The minimum absolute atomic E-state index is 0.00946. The number of nitro groups is 1. The lowest BCUT2D eigenvalue weighted by molar-refractivity contribution is -0.384. The third-order valence-corrected chi connectivity index (χ3v) is 4.38. The summed E-state index contributed by atoms with van der Waals surface area (Å²) in [6.45, 7) is 0. The molecule has 0 aliphatic carbocycles. The molecule has 0 aliphatic rings. The molecular formula is C22H16N6O2. The van der Waals surface area contributed by atoms with Crippen LogP contribution in [0.25, 0.3) is 10.8 Å². The number of hydrogen-bond acceptors (Lipinski definition) is 7. The van der Waals surface area contributed by atoms with Gasteiger partial charge < -0.3 is 5.73 Å². The molecule has 0 unspecified atom stereocenters. The van der Waals surface area contributed by atoms with Gasteiger partial charge in [-0.1, -0.05) is 24.3 Å². The van der Waals surface area contributed by atoms with E-state index >= 15 is 0 Å². The fraction of sp³-hybridized carbons (Fsp3) is 0. The lowest BCUT2D eigenvalue weighted by atomic mass is 10.1. The van der Waals surface area contributed by atoms with E-state index in [-0.39, 0.29) is 5.69 Å². The van der Waals surface area contributed by atoms with Gasteiger partial charge in [-0.3, -0.25) is 10.1 Å². The molecule has 2 N–H and O–H groups in total. The molecule has 146 valence electrons. The van der Waals surface area contributed by atoms with Crippen LogP contribution in [0.15, 0.2) is 105 Å². The van der Waals surface area contributed by atoms with Crippen LogP contribution < -0.4 is 5.73 Å². The summed E-state index contributed by atoms with van der Waals surface area (Å²) in [6, 6.07) is 24.4. The predicted octanol–water partition coefficient (Wildman–Crippen LogP) is 7.16. The van der Waals surface area contributed by atoms with Gasteiger partial charge in [0.2, 0.25) is 0 Å². The Bertz CT molecular complexity index is 1270. The van der Waals surface area contributed by atoms with Crippen molar-refractivity contribution in [2.45, 2.75) is 0 Å². The zero-order valence-electron chi connectivity index (χ0n) is 15.7. The normalized spacial score (nSPS) is 11.5. The van der Waals surface area contributed by atoms with Crippen molar-refractivity contribution in [3.05, 3.63) is 95.0 Å². The first-order valence-electron chi connectivity index (χ1n) is 9.05. The topological polar surface area (TPSA) is 119 Å². The highest BCUT2D eigenvalue weighted by Gasteiger charge is 2.06. The zero-order chi connectivity index (χ0) is 20.9. The van der Waals surface area contributed by atoms with Crippen molar-refractivity contribution in [1.29, 1.82) is 0 Å². The molecule has 0 saturated carbocycles. The van der Waals surface area contributed by atoms with Crippen molar-refractivity contribution in [2.75, 3.05) is 5.73 Å². The Morgan fingerprint density at radius 2 is 1.10 bits per heavy atom. The van der Waals surface area contributed by atoms with E-state index in [0.29, 0.717) is 28.4 Å². The van der Waals surface area contributed by atoms with Gasteiger partial charge in [-0.15, -0.1) is 10.2 Å². The number of nitro benzene ring substituents is 1.